The number of carbonyl (C=O) groups excluding carboxylic acids is 2. The summed E-state index contributed by atoms with van der Waals surface area (Å²) in [6, 6.07) is 1.79. The van der Waals surface area contributed by atoms with Gasteiger partial charge in [-0.3, -0.25) is 9.78 Å². The molecule has 118 valence electrons. The summed E-state index contributed by atoms with van der Waals surface area (Å²) >= 11 is 0. The maximum absolute atomic E-state index is 12.2. The second-order valence-corrected chi connectivity index (χ2v) is 5.97. The number of rotatable bonds is 2. The van der Waals surface area contributed by atoms with Crippen LogP contribution in [0.2, 0.25) is 0 Å². The molecule has 1 aromatic rings. The number of hydrogen-bond donors (Lipinski definition) is 0. The van der Waals surface area contributed by atoms with Crippen LogP contribution in [0.1, 0.15) is 32.8 Å². The van der Waals surface area contributed by atoms with Crippen LogP contribution in [0.15, 0.2) is 24.5 Å². The van der Waals surface area contributed by atoms with Gasteiger partial charge in [-0.1, -0.05) is 6.08 Å². The highest BCUT2D eigenvalue weighted by Gasteiger charge is 2.30. The van der Waals surface area contributed by atoms with E-state index >= 15 is 0 Å². The molecule has 0 fully saturated rings. The first kappa shape index (κ1) is 16.0. The number of carbonyl (C=O) groups is 2. The molecule has 1 aliphatic heterocycles. The van der Waals surface area contributed by atoms with Crippen molar-refractivity contribution in [1.82, 2.24) is 9.88 Å². The summed E-state index contributed by atoms with van der Waals surface area (Å²) in [4.78, 5) is 29.3. The molecule has 6 nitrogen and oxygen atoms in total. The third-order valence-corrected chi connectivity index (χ3v) is 3.13. The van der Waals surface area contributed by atoms with Gasteiger partial charge in [-0.2, -0.15) is 0 Å². The maximum atomic E-state index is 12.2. The molecule has 1 aromatic heterocycles. The molecule has 0 radical (unpaired) electrons. The zero-order chi connectivity index (χ0) is 16.3. The maximum Gasteiger partial charge on any atom is 0.417 e. The number of methoxy groups -OCH3 is 1. The molecule has 22 heavy (non-hydrogen) atoms. The lowest BCUT2D eigenvalue weighted by molar-refractivity contribution is -0.129. The average Bonchev–Trinajstić information content (AvgIpc) is 2.45. The molecule has 2 rings (SSSR count). The Morgan fingerprint density at radius 2 is 2.09 bits per heavy atom. The van der Waals surface area contributed by atoms with Crippen LogP contribution in [-0.2, 0) is 9.53 Å². The van der Waals surface area contributed by atoms with Gasteiger partial charge in [0, 0.05) is 11.8 Å². The predicted molar refractivity (Wildman–Crippen MR) is 81.3 cm³/mol. The third-order valence-electron chi connectivity index (χ3n) is 3.13. The van der Waals surface area contributed by atoms with Gasteiger partial charge in [0.05, 0.1) is 26.3 Å². The van der Waals surface area contributed by atoms with Crippen LogP contribution in [0, 0.1) is 0 Å². The smallest absolute Gasteiger partial charge is 0.417 e. The quantitative estimate of drug-likeness (QED) is 0.840. The van der Waals surface area contributed by atoms with E-state index in [1.165, 1.54) is 0 Å². The van der Waals surface area contributed by atoms with Crippen LogP contribution in [0.25, 0.3) is 5.57 Å². The minimum absolute atomic E-state index is 0.125. The molecule has 0 bridgehead atoms. The Labute approximate surface area is 129 Å². The van der Waals surface area contributed by atoms with E-state index in [2.05, 4.69) is 4.98 Å². The van der Waals surface area contributed by atoms with Crippen LogP contribution in [0.5, 0.6) is 5.75 Å². The molecule has 0 saturated carbocycles. The molecular formula is C16H20N2O4. The number of amides is 2. The largest absolute Gasteiger partial charge is 0.495 e. The van der Waals surface area contributed by atoms with Crippen molar-refractivity contribution in [3.63, 3.8) is 0 Å². The van der Waals surface area contributed by atoms with Crippen molar-refractivity contribution in [3.8, 4) is 5.75 Å². The lowest BCUT2D eigenvalue weighted by Gasteiger charge is -2.28. The van der Waals surface area contributed by atoms with Crippen molar-refractivity contribution in [3.05, 3.63) is 30.1 Å². The summed E-state index contributed by atoms with van der Waals surface area (Å²) in [5, 5.41) is 0. The first-order valence-electron chi connectivity index (χ1n) is 7.02. The highest BCUT2D eigenvalue weighted by Crippen LogP contribution is 2.30. The van der Waals surface area contributed by atoms with E-state index in [1.807, 2.05) is 6.08 Å². The fourth-order valence-corrected chi connectivity index (χ4v) is 2.14. The van der Waals surface area contributed by atoms with Gasteiger partial charge in [0.15, 0.2) is 0 Å². The van der Waals surface area contributed by atoms with E-state index in [0.717, 1.165) is 16.0 Å². The zero-order valence-electron chi connectivity index (χ0n) is 13.3. The van der Waals surface area contributed by atoms with E-state index in [0.29, 0.717) is 5.75 Å². The van der Waals surface area contributed by atoms with Gasteiger partial charge >= 0.3 is 6.09 Å². The number of ether oxygens (including phenoxy) is 2. The van der Waals surface area contributed by atoms with E-state index in [9.17, 15) is 9.59 Å². The minimum atomic E-state index is -0.629. The summed E-state index contributed by atoms with van der Waals surface area (Å²) in [5.41, 5.74) is 1.01. The van der Waals surface area contributed by atoms with Gasteiger partial charge in [-0.15, -0.1) is 0 Å². The monoisotopic (exact) mass is 304 g/mol. The van der Waals surface area contributed by atoms with E-state index in [1.54, 1.807) is 46.3 Å². The van der Waals surface area contributed by atoms with Crippen molar-refractivity contribution in [1.29, 1.82) is 0 Å². The Morgan fingerprint density at radius 1 is 1.36 bits per heavy atom. The fourth-order valence-electron chi connectivity index (χ4n) is 2.14. The standard InChI is InChI=1S/C16H20N2O4/c1-16(2,3)22-15(20)18-8-6-11(9-14(18)19)12-5-7-17-10-13(12)21-4/h5-7,10H,8-9H2,1-4H3. The van der Waals surface area contributed by atoms with Crippen molar-refractivity contribution in [2.24, 2.45) is 0 Å². The van der Waals surface area contributed by atoms with Gasteiger partial charge in [-0.25, -0.2) is 9.69 Å². The van der Waals surface area contributed by atoms with Crippen LogP contribution in [0.4, 0.5) is 4.79 Å². The molecule has 6 heteroatoms. The molecule has 1 aliphatic rings. The van der Waals surface area contributed by atoms with Gasteiger partial charge in [0.1, 0.15) is 11.4 Å². The van der Waals surface area contributed by atoms with Crippen molar-refractivity contribution >= 4 is 17.6 Å². The van der Waals surface area contributed by atoms with Crippen molar-refractivity contribution < 1.29 is 19.1 Å². The number of nitrogens with zero attached hydrogens (tertiary/aromatic N) is 2. The number of pyridine rings is 1. The molecule has 0 saturated heterocycles. The fraction of sp³-hybridized carbons (Fsp3) is 0.438. The van der Waals surface area contributed by atoms with Crippen LogP contribution in [0.3, 0.4) is 0 Å². The van der Waals surface area contributed by atoms with Gasteiger partial charge in [0.2, 0.25) is 5.91 Å². The van der Waals surface area contributed by atoms with E-state index in [-0.39, 0.29) is 18.9 Å². The Hall–Kier alpha value is -2.37. The molecule has 0 spiro atoms. The summed E-state index contributed by atoms with van der Waals surface area (Å²) in [6.45, 7) is 5.49. The van der Waals surface area contributed by atoms with E-state index < -0.39 is 11.7 Å². The zero-order valence-corrected chi connectivity index (χ0v) is 13.3. The van der Waals surface area contributed by atoms with Crippen molar-refractivity contribution in [2.75, 3.05) is 13.7 Å². The Kier molecular flexibility index (Phi) is 4.49. The Bertz CT molecular complexity index is 617. The number of imide groups is 1. The van der Waals surface area contributed by atoms with Gasteiger partial charge in [0.25, 0.3) is 0 Å². The third kappa shape index (κ3) is 3.63. The lowest BCUT2D eigenvalue weighted by Crippen LogP contribution is -2.42. The molecule has 0 aliphatic carbocycles. The first-order valence-corrected chi connectivity index (χ1v) is 7.02. The molecule has 0 N–H and O–H groups in total. The number of aromatic nitrogens is 1. The topological polar surface area (TPSA) is 68.7 Å². The van der Waals surface area contributed by atoms with E-state index in [4.69, 9.17) is 9.47 Å². The van der Waals surface area contributed by atoms with Crippen LogP contribution in [-0.4, -0.2) is 41.1 Å². The molecule has 2 amide bonds. The first-order chi connectivity index (χ1) is 10.3. The Balaban J connectivity index is 2.18. The average molecular weight is 304 g/mol. The Morgan fingerprint density at radius 3 is 2.68 bits per heavy atom. The lowest BCUT2D eigenvalue weighted by atomic mass is 9.99. The highest BCUT2D eigenvalue weighted by molar-refractivity contribution is 6.00. The normalized spacial score (nSPS) is 15.4. The summed E-state index contributed by atoms with van der Waals surface area (Å²) in [6.07, 6.45) is 4.59. The highest BCUT2D eigenvalue weighted by atomic mass is 16.6. The summed E-state index contributed by atoms with van der Waals surface area (Å²) < 4.78 is 10.5. The van der Waals surface area contributed by atoms with Gasteiger partial charge in [-0.05, 0) is 32.4 Å². The molecule has 2 heterocycles. The molecular weight excluding hydrogens is 284 g/mol. The second kappa shape index (κ2) is 6.17. The van der Waals surface area contributed by atoms with Crippen molar-refractivity contribution in [2.45, 2.75) is 32.8 Å². The minimum Gasteiger partial charge on any atom is -0.495 e. The summed E-state index contributed by atoms with van der Waals surface area (Å²) in [5.74, 6) is 0.317. The summed E-state index contributed by atoms with van der Waals surface area (Å²) in [7, 11) is 1.55. The predicted octanol–water partition coefficient (Wildman–Crippen LogP) is 2.64. The van der Waals surface area contributed by atoms with Crippen LogP contribution < -0.4 is 4.74 Å². The molecule has 0 atom stereocenters. The molecule has 0 unspecified atom stereocenters. The second-order valence-electron chi connectivity index (χ2n) is 5.97. The molecule has 0 aromatic carbocycles. The van der Waals surface area contributed by atoms with Gasteiger partial charge < -0.3 is 9.47 Å². The number of hydrogen-bond acceptors (Lipinski definition) is 5. The SMILES string of the molecule is COc1cnccc1C1=CCN(C(=O)OC(C)(C)C)C(=O)C1. The van der Waals surface area contributed by atoms with Crippen LogP contribution >= 0.6 is 0 Å².